The van der Waals surface area contributed by atoms with E-state index in [-0.39, 0.29) is 5.91 Å². The van der Waals surface area contributed by atoms with E-state index in [0.29, 0.717) is 24.8 Å². The Balaban J connectivity index is 1.76. The van der Waals surface area contributed by atoms with Gasteiger partial charge >= 0.3 is 0 Å². The predicted octanol–water partition coefficient (Wildman–Crippen LogP) is 4.08. The van der Waals surface area contributed by atoms with Gasteiger partial charge in [0.15, 0.2) is 6.10 Å². The van der Waals surface area contributed by atoms with E-state index in [1.807, 2.05) is 49.4 Å². The molecule has 0 aliphatic carbocycles. The molecule has 0 fully saturated rings. The largest absolute Gasteiger partial charge is 0.491 e. The van der Waals surface area contributed by atoms with Crippen LogP contribution in [0.5, 0.6) is 11.5 Å². The van der Waals surface area contributed by atoms with Crippen molar-refractivity contribution in [2.75, 3.05) is 13.2 Å². The average molecular weight is 341 g/mol. The summed E-state index contributed by atoms with van der Waals surface area (Å²) in [6.07, 6.45) is -0.550. The van der Waals surface area contributed by atoms with Crippen molar-refractivity contribution in [3.8, 4) is 11.5 Å². The van der Waals surface area contributed by atoms with Crippen LogP contribution >= 0.6 is 0 Å². The fourth-order valence-electron chi connectivity index (χ4n) is 2.44. The normalized spacial score (nSPS) is 11.9. The van der Waals surface area contributed by atoms with Crippen LogP contribution in [0.2, 0.25) is 0 Å². The third kappa shape index (κ3) is 5.82. The number of carbonyl (C=O) groups is 1. The van der Waals surface area contributed by atoms with E-state index in [1.165, 1.54) is 5.56 Å². The Bertz CT molecular complexity index is 680. The SMILES string of the molecule is Cc1ccc(O[C@H](C)C(=O)NCCOc2ccccc2C(C)C)cc1. The van der Waals surface area contributed by atoms with Gasteiger partial charge in [-0.15, -0.1) is 0 Å². The van der Waals surface area contributed by atoms with Crippen molar-refractivity contribution >= 4 is 5.91 Å². The molecule has 4 nitrogen and oxygen atoms in total. The maximum atomic E-state index is 12.1. The van der Waals surface area contributed by atoms with Gasteiger partial charge in [-0.1, -0.05) is 49.7 Å². The van der Waals surface area contributed by atoms with Gasteiger partial charge in [-0.3, -0.25) is 4.79 Å². The van der Waals surface area contributed by atoms with E-state index in [1.54, 1.807) is 6.92 Å². The van der Waals surface area contributed by atoms with E-state index >= 15 is 0 Å². The van der Waals surface area contributed by atoms with Crippen LogP contribution < -0.4 is 14.8 Å². The molecule has 1 N–H and O–H groups in total. The fraction of sp³-hybridized carbons (Fsp3) is 0.381. The molecule has 1 atom stereocenters. The second-order valence-electron chi connectivity index (χ2n) is 6.41. The van der Waals surface area contributed by atoms with Crippen molar-refractivity contribution in [3.05, 3.63) is 59.7 Å². The summed E-state index contributed by atoms with van der Waals surface area (Å²) < 4.78 is 11.4. The number of para-hydroxylation sites is 1. The molecule has 0 saturated carbocycles. The molecule has 2 rings (SSSR count). The number of carbonyl (C=O) groups excluding carboxylic acids is 1. The molecule has 0 radical (unpaired) electrons. The Morgan fingerprint density at radius 3 is 2.40 bits per heavy atom. The number of hydrogen-bond donors (Lipinski definition) is 1. The highest BCUT2D eigenvalue weighted by Gasteiger charge is 2.14. The lowest BCUT2D eigenvalue weighted by Crippen LogP contribution is -2.38. The summed E-state index contributed by atoms with van der Waals surface area (Å²) in [4.78, 5) is 12.1. The molecule has 0 spiro atoms. The van der Waals surface area contributed by atoms with Gasteiger partial charge in [0.1, 0.15) is 18.1 Å². The molecular weight excluding hydrogens is 314 g/mol. The van der Waals surface area contributed by atoms with Crippen LogP contribution in [-0.2, 0) is 4.79 Å². The Kier molecular flexibility index (Phi) is 6.87. The predicted molar refractivity (Wildman–Crippen MR) is 100 cm³/mol. The first-order chi connectivity index (χ1) is 12.0. The van der Waals surface area contributed by atoms with Gasteiger partial charge < -0.3 is 14.8 Å². The molecule has 2 aromatic rings. The minimum absolute atomic E-state index is 0.152. The van der Waals surface area contributed by atoms with Crippen LogP contribution in [0.25, 0.3) is 0 Å². The monoisotopic (exact) mass is 341 g/mol. The van der Waals surface area contributed by atoms with Gasteiger partial charge in [0.05, 0.1) is 6.54 Å². The molecule has 0 heterocycles. The summed E-state index contributed by atoms with van der Waals surface area (Å²) in [6.45, 7) is 8.88. The van der Waals surface area contributed by atoms with Gasteiger partial charge in [-0.05, 0) is 43.5 Å². The maximum Gasteiger partial charge on any atom is 0.260 e. The highest BCUT2D eigenvalue weighted by Crippen LogP contribution is 2.25. The number of benzene rings is 2. The average Bonchev–Trinajstić information content (AvgIpc) is 2.60. The van der Waals surface area contributed by atoms with E-state index < -0.39 is 6.10 Å². The lowest BCUT2D eigenvalue weighted by Gasteiger charge is -2.16. The molecule has 1 amide bonds. The molecule has 0 bridgehead atoms. The van der Waals surface area contributed by atoms with Gasteiger partial charge in [0.2, 0.25) is 0 Å². The first-order valence-corrected chi connectivity index (χ1v) is 8.70. The number of aryl methyl sites for hydroxylation is 1. The Morgan fingerprint density at radius 1 is 1.04 bits per heavy atom. The molecule has 4 heteroatoms. The van der Waals surface area contributed by atoms with Crippen LogP contribution in [-0.4, -0.2) is 25.2 Å². The standard InChI is InChI=1S/C21H27NO3/c1-15(2)19-7-5-6-8-20(19)24-14-13-22-21(23)17(4)25-18-11-9-16(3)10-12-18/h5-12,15,17H,13-14H2,1-4H3,(H,22,23)/t17-/m1/s1. The second kappa shape index (κ2) is 9.11. The van der Waals surface area contributed by atoms with E-state index in [2.05, 4.69) is 25.2 Å². The van der Waals surface area contributed by atoms with Crippen LogP contribution in [0.4, 0.5) is 0 Å². The number of nitrogens with one attached hydrogen (secondary N) is 1. The smallest absolute Gasteiger partial charge is 0.260 e. The lowest BCUT2D eigenvalue weighted by atomic mass is 10.0. The summed E-state index contributed by atoms with van der Waals surface area (Å²) in [6, 6.07) is 15.6. The van der Waals surface area contributed by atoms with Crippen molar-refractivity contribution in [2.24, 2.45) is 0 Å². The van der Waals surface area contributed by atoms with Gasteiger partial charge in [-0.2, -0.15) is 0 Å². The highest BCUT2D eigenvalue weighted by atomic mass is 16.5. The molecule has 0 unspecified atom stereocenters. The first kappa shape index (κ1) is 18.8. The van der Waals surface area contributed by atoms with Gasteiger partial charge in [0.25, 0.3) is 5.91 Å². The molecular formula is C21H27NO3. The van der Waals surface area contributed by atoms with Crippen LogP contribution in [0, 0.1) is 6.92 Å². The lowest BCUT2D eigenvalue weighted by molar-refractivity contribution is -0.127. The number of ether oxygens (including phenoxy) is 2. The van der Waals surface area contributed by atoms with Crippen LogP contribution in [0.1, 0.15) is 37.8 Å². The van der Waals surface area contributed by atoms with Gasteiger partial charge in [0, 0.05) is 0 Å². The summed E-state index contributed by atoms with van der Waals surface area (Å²) in [5.41, 5.74) is 2.33. The first-order valence-electron chi connectivity index (χ1n) is 8.70. The zero-order valence-corrected chi connectivity index (χ0v) is 15.4. The highest BCUT2D eigenvalue weighted by molar-refractivity contribution is 5.80. The quantitative estimate of drug-likeness (QED) is 0.736. The number of rotatable bonds is 8. The van der Waals surface area contributed by atoms with E-state index in [4.69, 9.17) is 9.47 Å². The third-order valence-corrected chi connectivity index (χ3v) is 3.90. The fourth-order valence-corrected chi connectivity index (χ4v) is 2.44. The second-order valence-corrected chi connectivity index (χ2v) is 6.41. The molecule has 0 aliphatic rings. The van der Waals surface area contributed by atoms with Crippen molar-refractivity contribution in [2.45, 2.75) is 39.7 Å². The maximum absolute atomic E-state index is 12.1. The van der Waals surface area contributed by atoms with Crippen molar-refractivity contribution in [3.63, 3.8) is 0 Å². The van der Waals surface area contributed by atoms with Crippen LogP contribution in [0.15, 0.2) is 48.5 Å². The Hall–Kier alpha value is -2.49. The summed E-state index contributed by atoms with van der Waals surface area (Å²) in [5, 5.41) is 2.84. The minimum Gasteiger partial charge on any atom is -0.491 e. The zero-order chi connectivity index (χ0) is 18.2. The molecule has 0 aliphatic heterocycles. The molecule has 134 valence electrons. The van der Waals surface area contributed by atoms with Crippen molar-refractivity contribution in [1.29, 1.82) is 0 Å². The molecule has 0 saturated heterocycles. The van der Waals surface area contributed by atoms with Crippen molar-refractivity contribution < 1.29 is 14.3 Å². The number of amides is 1. The van der Waals surface area contributed by atoms with Crippen molar-refractivity contribution in [1.82, 2.24) is 5.32 Å². The molecule has 2 aromatic carbocycles. The summed E-state index contributed by atoms with van der Waals surface area (Å²) in [5.74, 6) is 1.81. The summed E-state index contributed by atoms with van der Waals surface area (Å²) in [7, 11) is 0. The van der Waals surface area contributed by atoms with Gasteiger partial charge in [-0.25, -0.2) is 0 Å². The van der Waals surface area contributed by atoms with E-state index in [9.17, 15) is 4.79 Å². The number of hydrogen-bond acceptors (Lipinski definition) is 3. The molecule has 25 heavy (non-hydrogen) atoms. The summed E-state index contributed by atoms with van der Waals surface area (Å²) >= 11 is 0. The van der Waals surface area contributed by atoms with E-state index in [0.717, 1.165) is 11.3 Å². The zero-order valence-electron chi connectivity index (χ0n) is 15.4. The molecule has 0 aromatic heterocycles. The third-order valence-electron chi connectivity index (χ3n) is 3.90. The Labute approximate surface area is 150 Å². The van der Waals surface area contributed by atoms with Crippen LogP contribution in [0.3, 0.4) is 0 Å². The topological polar surface area (TPSA) is 47.6 Å². The Morgan fingerprint density at radius 2 is 1.72 bits per heavy atom. The minimum atomic E-state index is -0.550.